The monoisotopic (exact) mass is 430 g/mol. The van der Waals surface area contributed by atoms with Gasteiger partial charge in [-0.05, 0) is 44.0 Å². The van der Waals surface area contributed by atoms with Gasteiger partial charge in [-0.15, -0.1) is 0 Å². The first-order valence-corrected chi connectivity index (χ1v) is 9.63. The predicted molar refractivity (Wildman–Crippen MR) is 103 cm³/mol. The van der Waals surface area contributed by atoms with E-state index in [1.165, 1.54) is 22.9 Å². The lowest BCUT2D eigenvalue weighted by atomic mass is 9.86. The lowest BCUT2D eigenvalue weighted by molar-refractivity contribution is -0.126. The number of carbonyl (C=O) groups excluding carboxylic acids is 1. The topological polar surface area (TPSA) is 68.2 Å². The van der Waals surface area contributed by atoms with Crippen molar-refractivity contribution < 1.29 is 22.7 Å². The Labute approximate surface area is 171 Å². The third-order valence-corrected chi connectivity index (χ3v) is 5.21. The fourth-order valence-electron chi connectivity index (χ4n) is 3.61. The molecule has 2 heterocycles. The minimum absolute atomic E-state index is 0.0522. The maximum Gasteiger partial charge on any atom is 0.387 e. The van der Waals surface area contributed by atoms with Crippen LogP contribution in [0, 0.1) is 5.82 Å². The van der Waals surface area contributed by atoms with Crippen LogP contribution in [0.15, 0.2) is 24.4 Å². The molecule has 158 valence electrons. The smallest absolute Gasteiger partial charge is 0.387 e. The number of aromatic nitrogens is 2. The van der Waals surface area contributed by atoms with Gasteiger partial charge in [0.05, 0.1) is 17.6 Å². The van der Waals surface area contributed by atoms with Crippen LogP contribution in [0.2, 0.25) is 5.02 Å². The zero-order valence-corrected chi connectivity index (χ0v) is 16.8. The molecular weight excluding hydrogens is 409 g/mol. The fraction of sp³-hybridized carbons (Fsp3) is 0.474. The summed E-state index contributed by atoms with van der Waals surface area (Å²) in [5.74, 6) is -1.42. The van der Waals surface area contributed by atoms with Crippen LogP contribution in [-0.2, 0) is 10.3 Å². The lowest BCUT2D eigenvalue weighted by Gasteiger charge is -2.38. The highest BCUT2D eigenvalue weighted by Crippen LogP contribution is 2.36. The molecule has 10 heteroatoms. The van der Waals surface area contributed by atoms with Gasteiger partial charge in [-0.3, -0.25) is 9.48 Å². The summed E-state index contributed by atoms with van der Waals surface area (Å²) in [6.07, 6.45) is 1.82. The molecule has 1 aliphatic rings. The van der Waals surface area contributed by atoms with Crippen LogP contribution in [0.5, 0.6) is 5.75 Å². The Balaban J connectivity index is 2.00. The number of hydrogen-bond acceptors (Lipinski definition) is 4. The van der Waals surface area contributed by atoms with Gasteiger partial charge in [0.25, 0.3) is 5.91 Å². The van der Waals surface area contributed by atoms with Crippen LogP contribution in [0.3, 0.4) is 0 Å². The van der Waals surface area contributed by atoms with Gasteiger partial charge in [-0.1, -0.05) is 25.4 Å². The van der Waals surface area contributed by atoms with Gasteiger partial charge >= 0.3 is 6.61 Å². The molecular formula is C19H22ClF3N4O2. The molecule has 1 saturated heterocycles. The molecule has 29 heavy (non-hydrogen) atoms. The zero-order chi connectivity index (χ0) is 21.2. The maximum atomic E-state index is 14.4. The van der Waals surface area contributed by atoms with Crippen molar-refractivity contribution >= 4 is 23.2 Å². The Morgan fingerprint density at radius 3 is 2.66 bits per heavy atom. The number of benzene rings is 1. The van der Waals surface area contributed by atoms with Crippen molar-refractivity contribution in [1.82, 2.24) is 15.1 Å². The Hall–Kier alpha value is -2.26. The van der Waals surface area contributed by atoms with Crippen molar-refractivity contribution in [3.8, 4) is 5.75 Å². The molecule has 0 radical (unpaired) electrons. The third kappa shape index (κ3) is 4.35. The second-order valence-corrected chi connectivity index (χ2v) is 7.64. The summed E-state index contributed by atoms with van der Waals surface area (Å²) in [6.45, 7) is 1.60. The van der Waals surface area contributed by atoms with E-state index >= 15 is 0 Å². The van der Waals surface area contributed by atoms with Crippen LogP contribution < -0.4 is 15.4 Å². The number of nitrogens with one attached hydrogen (secondary N) is 2. The molecule has 1 fully saturated rings. The van der Waals surface area contributed by atoms with E-state index in [4.69, 9.17) is 11.6 Å². The average molecular weight is 431 g/mol. The minimum Gasteiger partial charge on any atom is -0.433 e. The third-order valence-electron chi connectivity index (χ3n) is 4.97. The van der Waals surface area contributed by atoms with E-state index in [2.05, 4.69) is 20.5 Å². The number of nitrogens with zero attached hydrogens (tertiary/aromatic N) is 2. The van der Waals surface area contributed by atoms with E-state index in [0.717, 1.165) is 6.20 Å². The maximum absolute atomic E-state index is 14.4. The molecule has 0 atom stereocenters. The molecule has 2 N–H and O–H groups in total. The van der Waals surface area contributed by atoms with Crippen LogP contribution >= 0.6 is 11.6 Å². The van der Waals surface area contributed by atoms with E-state index in [0.29, 0.717) is 31.6 Å². The van der Waals surface area contributed by atoms with Gasteiger partial charge in [-0.25, -0.2) is 4.39 Å². The van der Waals surface area contributed by atoms with Gasteiger partial charge in [0.2, 0.25) is 0 Å². The molecule has 1 aromatic carbocycles. The number of piperidine rings is 1. The van der Waals surface area contributed by atoms with E-state index in [-0.39, 0.29) is 22.4 Å². The largest absolute Gasteiger partial charge is 0.433 e. The number of amides is 1. The second kappa shape index (κ2) is 8.62. The molecule has 0 bridgehead atoms. The minimum atomic E-state index is -3.08. The number of hydrogen-bond donors (Lipinski definition) is 2. The van der Waals surface area contributed by atoms with Gasteiger partial charge < -0.3 is 15.4 Å². The number of ether oxygens (including phenoxy) is 1. The molecule has 2 aromatic rings. The standard InChI is InChI=1S/C19H22ClF3N4O2/c1-11(2)16-13(21)10-25-27(16)19(5-7-24-8-6-19)17(28)26-14-4-3-12(20)9-15(14)29-18(22)23/h3-4,9-11,18,24H,5-8H2,1-2H3,(H,26,28). The van der Waals surface area contributed by atoms with Crippen molar-refractivity contribution in [3.05, 3.63) is 40.9 Å². The first kappa shape index (κ1) is 21.4. The van der Waals surface area contributed by atoms with Gasteiger partial charge in [0.1, 0.15) is 5.54 Å². The first-order valence-electron chi connectivity index (χ1n) is 9.25. The summed E-state index contributed by atoms with van der Waals surface area (Å²) in [5.41, 5.74) is -0.796. The quantitative estimate of drug-likeness (QED) is 0.723. The number of carbonyl (C=O) groups is 1. The second-order valence-electron chi connectivity index (χ2n) is 7.20. The SMILES string of the molecule is CC(C)c1c(F)cnn1C1(C(=O)Nc2ccc(Cl)cc2OC(F)F)CCNCC1. The Morgan fingerprint density at radius 2 is 2.03 bits per heavy atom. The van der Waals surface area contributed by atoms with Gasteiger partial charge in [-0.2, -0.15) is 13.9 Å². The summed E-state index contributed by atoms with van der Waals surface area (Å²) in [4.78, 5) is 13.4. The van der Waals surface area contributed by atoms with Crippen molar-refractivity contribution in [2.24, 2.45) is 0 Å². The number of anilines is 1. The normalized spacial score (nSPS) is 16.3. The molecule has 0 saturated carbocycles. The first-order chi connectivity index (χ1) is 13.7. The zero-order valence-electron chi connectivity index (χ0n) is 16.0. The van der Waals surface area contributed by atoms with Gasteiger partial charge in [0, 0.05) is 11.1 Å². The van der Waals surface area contributed by atoms with Crippen LogP contribution in [0.4, 0.5) is 18.9 Å². The number of halogens is 4. The van der Waals surface area contributed by atoms with Gasteiger partial charge in [0.15, 0.2) is 11.6 Å². The van der Waals surface area contributed by atoms with E-state index in [9.17, 15) is 18.0 Å². The summed E-state index contributed by atoms with van der Waals surface area (Å²) in [7, 11) is 0. The predicted octanol–water partition coefficient (Wildman–Crippen LogP) is 4.12. The molecule has 1 aliphatic heterocycles. The number of rotatable bonds is 6. The Morgan fingerprint density at radius 1 is 1.34 bits per heavy atom. The van der Waals surface area contributed by atoms with E-state index in [1.807, 2.05) is 13.8 Å². The van der Waals surface area contributed by atoms with Crippen LogP contribution in [0.25, 0.3) is 0 Å². The highest BCUT2D eigenvalue weighted by Gasteiger charge is 2.44. The molecule has 0 spiro atoms. The number of alkyl halides is 2. The summed E-state index contributed by atoms with van der Waals surface area (Å²) < 4.78 is 45.8. The molecule has 3 rings (SSSR count). The van der Waals surface area contributed by atoms with Crippen LogP contribution in [-0.4, -0.2) is 35.4 Å². The summed E-state index contributed by atoms with van der Waals surface area (Å²) in [5, 5.41) is 10.2. The highest BCUT2D eigenvalue weighted by atomic mass is 35.5. The lowest BCUT2D eigenvalue weighted by Crippen LogP contribution is -2.53. The van der Waals surface area contributed by atoms with Crippen LogP contribution in [0.1, 0.15) is 38.3 Å². The van der Waals surface area contributed by atoms with Crippen molar-refractivity contribution in [1.29, 1.82) is 0 Å². The highest BCUT2D eigenvalue weighted by molar-refractivity contribution is 6.30. The fourth-order valence-corrected chi connectivity index (χ4v) is 3.77. The van der Waals surface area contributed by atoms with Crippen molar-refractivity contribution in [2.45, 2.75) is 44.8 Å². The van der Waals surface area contributed by atoms with Crippen molar-refractivity contribution in [3.63, 3.8) is 0 Å². The molecule has 1 amide bonds. The Kier molecular flexibility index (Phi) is 6.38. The molecule has 6 nitrogen and oxygen atoms in total. The van der Waals surface area contributed by atoms with E-state index in [1.54, 1.807) is 0 Å². The summed E-state index contributed by atoms with van der Waals surface area (Å²) >= 11 is 5.87. The van der Waals surface area contributed by atoms with Crippen molar-refractivity contribution in [2.75, 3.05) is 18.4 Å². The van der Waals surface area contributed by atoms with E-state index < -0.39 is 23.9 Å². The molecule has 1 aromatic heterocycles. The average Bonchev–Trinajstić information content (AvgIpc) is 3.06. The molecule has 0 unspecified atom stereocenters. The molecule has 0 aliphatic carbocycles. The Bertz CT molecular complexity index is 882. The summed E-state index contributed by atoms with van der Waals surface area (Å²) in [6, 6.07) is 4.04.